The second-order valence-electron chi connectivity index (χ2n) is 10.2. The minimum Gasteiger partial charge on any atom is -0.406 e. The average molecular weight is 657 g/mol. The summed E-state index contributed by atoms with van der Waals surface area (Å²) < 4.78 is 42.6. The van der Waals surface area contributed by atoms with Crippen LogP contribution in [0, 0.1) is 6.92 Å². The molecule has 4 aromatic rings. The summed E-state index contributed by atoms with van der Waals surface area (Å²) in [6, 6.07) is 14.0. The van der Waals surface area contributed by atoms with Crippen molar-refractivity contribution in [1.82, 2.24) is 19.7 Å². The summed E-state index contributed by atoms with van der Waals surface area (Å²) in [6.07, 6.45) is -1.72. The quantitative estimate of drug-likeness (QED) is 0.246. The van der Waals surface area contributed by atoms with Gasteiger partial charge in [-0.3, -0.25) is 15.0 Å². The van der Waals surface area contributed by atoms with E-state index in [1.165, 1.54) is 51.9 Å². The third-order valence-electron chi connectivity index (χ3n) is 6.45. The van der Waals surface area contributed by atoms with E-state index in [0.717, 1.165) is 22.1 Å². The van der Waals surface area contributed by atoms with Gasteiger partial charge in [0.25, 0.3) is 0 Å². The molecular formula is C29H28F3N8O3PS. The second-order valence-corrected chi connectivity index (χ2v) is 13.4. The predicted molar refractivity (Wildman–Crippen MR) is 170 cm³/mol. The van der Waals surface area contributed by atoms with Gasteiger partial charge in [-0.15, -0.1) is 18.3 Å². The number of benzene rings is 2. The van der Waals surface area contributed by atoms with Crippen molar-refractivity contribution in [3.63, 3.8) is 0 Å². The number of aliphatic imine (C=N–C) groups is 1. The number of nitrogens with one attached hydrogen (secondary N) is 1. The first kappa shape index (κ1) is 31.9. The van der Waals surface area contributed by atoms with Gasteiger partial charge in [0.15, 0.2) is 5.17 Å². The normalized spacial score (nSPS) is 14.4. The summed E-state index contributed by atoms with van der Waals surface area (Å²) in [7, 11) is 1.28. The number of alkyl halides is 3. The zero-order valence-corrected chi connectivity index (χ0v) is 26.3. The number of carbonyl (C=O) groups is 2. The molecule has 0 atom stereocenters. The van der Waals surface area contributed by atoms with Crippen molar-refractivity contribution in [3.8, 4) is 11.4 Å². The number of pyridine rings is 1. The Morgan fingerprint density at radius 2 is 1.89 bits per heavy atom. The molecule has 234 valence electrons. The molecule has 0 aliphatic carbocycles. The summed E-state index contributed by atoms with van der Waals surface area (Å²) in [6.45, 7) is 6.56. The van der Waals surface area contributed by atoms with Crippen LogP contribution in [0.5, 0.6) is 5.75 Å². The van der Waals surface area contributed by atoms with Crippen molar-refractivity contribution in [2.75, 3.05) is 41.2 Å². The zero-order chi connectivity index (χ0) is 32.3. The molecule has 0 bridgehead atoms. The lowest BCUT2D eigenvalue weighted by Crippen LogP contribution is -2.33. The van der Waals surface area contributed by atoms with Gasteiger partial charge in [-0.2, -0.15) is 9.98 Å². The number of thioether (sulfide) groups is 1. The Morgan fingerprint density at radius 1 is 1.13 bits per heavy atom. The lowest BCUT2D eigenvalue weighted by molar-refractivity contribution is -0.274. The molecule has 1 N–H and O–H groups in total. The van der Waals surface area contributed by atoms with Crippen LogP contribution >= 0.6 is 19.7 Å². The monoisotopic (exact) mass is 656 g/mol. The maximum atomic E-state index is 12.8. The average Bonchev–Trinajstić information content (AvgIpc) is 3.60. The van der Waals surface area contributed by atoms with Crippen LogP contribution in [0.3, 0.4) is 0 Å². The Kier molecular flexibility index (Phi) is 9.40. The van der Waals surface area contributed by atoms with Crippen molar-refractivity contribution in [3.05, 3.63) is 78.2 Å². The summed E-state index contributed by atoms with van der Waals surface area (Å²) >= 11 is 1.22. The van der Waals surface area contributed by atoms with Crippen molar-refractivity contribution in [2.24, 2.45) is 4.99 Å². The van der Waals surface area contributed by atoms with Crippen molar-refractivity contribution >= 4 is 59.5 Å². The van der Waals surface area contributed by atoms with Gasteiger partial charge in [-0.05, 0) is 73.1 Å². The highest BCUT2D eigenvalue weighted by atomic mass is 32.2. The fraction of sp³-hybridized carbons (Fsp3) is 0.241. The van der Waals surface area contributed by atoms with Crippen LogP contribution in [0.4, 0.5) is 35.4 Å². The smallest absolute Gasteiger partial charge is 0.406 e. The molecular weight excluding hydrogens is 628 g/mol. The number of urea groups is 1. The molecule has 0 saturated carbocycles. The van der Waals surface area contributed by atoms with Crippen LogP contribution in [0.2, 0.25) is 0 Å². The summed E-state index contributed by atoms with van der Waals surface area (Å²) in [5.74, 6) is 0.401. The number of rotatable bonds is 8. The van der Waals surface area contributed by atoms with E-state index in [-0.39, 0.29) is 17.4 Å². The van der Waals surface area contributed by atoms with Crippen LogP contribution in [0.15, 0.2) is 72.1 Å². The third-order valence-corrected chi connectivity index (χ3v) is 8.72. The molecule has 1 fully saturated rings. The number of ether oxygens (including phenoxy) is 1. The number of anilines is 3. The van der Waals surface area contributed by atoms with Crippen LogP contribution in [-0.4, -0.2) is 69.3 Å². The first-order valence-electron chi connectivity index (χ1n) is 13.4. The predicted octanol–water partition coefficient (Wildman–Crippen LogP) is 5.54. The van der Waals surface area contributed by atoms with E-state index in [1.54, 1.807) is 30.3 Å². The molecule has 0 unspecified atom stereocenters. The highest BCUT2D eigenvalue weighted by molar-refractivity contribution is 8.15. The van der Waals surface area contributed by atoms with E-state index in [4.69, 9.17) is 0 Å². The molecule has 1 saturated heterocycles. The van der Waals surface area contributed by atoms with Gasteiger partial charge < -0.3 is 9.64 Å². The van der Waals surface area contributed by atoms with Gasteiger partial charge in [-0.1, -0.05) is 37.9 Å². The SMILES string of the molecule is Cc1ccc(P(C)C)c(N2C(=O)CSC2=NC(=O)Nc2ccc(CN(C)c3ncn(-c4ccc(OC(F)(F)F)cc4)n3)cn2)c1. The van der Waals surface area contributed by atoms with Crippen LogP contribution < -0.4 is 25.2 Å². The maximum absolute atomic E-state index is 12.8. The minimum absolute atomic E-state index is 0.130. The molecule has 2 aromatic heterocycles. The Balaban J connectivity index is 1.21. The van der Waals surface area contributed by atoms with Crippen LogP contribution in [-0.2, 0) is 11.3 Å². The van der Waals surface area contributed by atoms with Crippen molar-refractivity contribution in [2.45, 2.75) is 19.8 Å². The summed E-state index contributed by atoms with van der Waals surface area (Å²) in [4.78, 5) is 41.7. The molecule has 2 aromatic carbocycles. The van der Waals surface area contributed by atoms with Gasteiger partial charge >= 0.3 is 12.4 Å². The topological polar surface area (TPSA) is 118 Å². The lowest BCUT2D eigenvalue weighted by Gasteiger charge is -2.22. The number of halogens is 3. The lowest BCUT2D eigenvalue weighted by atomic mass is 10.2. The largest absolute Gasteiger partial charge is 0.573 e. The number of aromatic nitrogens is 4. The van der Waals surface area contributed by atoms with Gasteiger partial charge in [0.2, 0.25) is 11.9 Å². The molecule has 11 nitrogen and oxygen atoms in total. The highest BCUT2D eigenvalue weighted by Gasteiger charge is 2.33. The second kappa shape index (κ2) is 13.2. The molecule has 1 aliphatic rings. The Hall–Kier alpha value is -4.49. The minimum atomic E-state index is -4.77. The van der Waals surface area contributed by atoms with E-state index in [9.17, 15) is 22.8 Å². The van der Waals surface area contributed by atoms with E-state index >= 15 is 0 Å². The van der Waals surface area contributed by atoms with E-state index in [1.807, 2.05) is 25.1 Å². The molecule has 45 heavy (non-hydrogen) atoms. The Bertz CT molecular complexity index is 1730. The molecule has 1 aliphatic heterocycles. The maximum Gasteiger partial charge on any atom is 0.573 e. The first-order valence-corrected chi connectivity index (χ1v) is 16.7. The Morgan fingerprint density at radius 3 is 2.56 bits per heavy atom. The van der Waals surface area contributed by atoms with Crippen LogP contribution in [0.1, 0.15) is 11.1 Å². The van der Waals surface area contributed by atoms with Gasteiger partial charge in [0.1, 0.15) is 17.9 Å². The summed E-state index contributed by atoms with van der Waals surface area (Å²) in [5.41, 5.74) is 3.07. The number of hydrogen-bond donors (Lipinski definition) is 1. The fourth-order valence-electron chi connectivity index (χ4n) is 4.39. The molecule has 5 rings (SSSR count). The fourth-order valence-corrected chi connectivity index (χ4v) is 6.24. The van der Waals surface area contributed by atoms with Crippen molar-refractivity contribution < 1.29 is 27.5 Å². The summed E-state index contributed by atoms with van der Waals surface area (Å²) in [5, 5.41) is 8.41. The molecule has 16 heteroatoms. The number of aryl methyl sites for hydroxylation is 1. The first-order chi connectivity index (χ1) is 21.4. The van der Waals surface area contributed by atoms with E-state index in [0.29, 0.717) is 29.2 Å². The van der Waals surface area contributed by atoms with Crippen LogP contribution in [0.25, 0.3) is 5.69 Å². The van der Waals surface area contributed by atoms with Crippen molar-refractivity contribution in [1.29, 1.82) is 0 Å². The highest BCUT2D eigenvalue weighted by Crippen LogP contribution is 2.34. The van der Waals surface area contributed by atoms with E-state index in [2.05, 4.69) is 43.4 Å². The molecule has 3 amide bonds. The number of carbonyl (C=O) groups excluding carboxylic acids is 2. The number of hydrogen-bond acceptors (Lipinski definition) is 8. The molecule has 3 heterocycles. The standard InChI is InChI=1S/C29H28F3N8O3PS/c1-18-5-11-23(44(3)4)22(13-18)40-25(41)16-45-28(40)36-27(42)35-24-12-6-19(14-33-24)15-38(2)26-34-17-39(37-26)20-7-9-21(10-8-20)43-29(30,31)32/h5-14,17H,15-16H2,1-4H3,(H,33,35,42). The van der Waals surface area contributed by atoms with Gasteiger partial charge in [0.05, 0.1) is 17.1 Å². The molecule has 0 spiro atoms. The van der Waals surface area contributed by atoms with Gasteiger partial charge in [-0.25, -0.2) is 14.5 Å². The van der Waals surface area contributed by atoms with E-state index < -0.39 is 20.3 Å². The molecule has 0 radical (unpaired) electrons. The van der Waals surface area contributed by atoms with Gasteiger partial charge in [0, 0.05) is 19.8 Å². The number of amides is 3. The zero-order valence-electron chi connectivity index (χ0n) is 24.6. The third kappa shape index (κ3) is 7.97. The number of amidine groups is 1. The number of nitrogens with zero attached hydrogens (tertiary/aromatic N) is 7. The Labute approximate surface area is 262 Å².